The van der Waals surface area contributed by atoms with Crippen molar-refractivity contribution in [3.8, 4) is 16.9 Å². The minimum Gasteiger partial charge on any atom is -0.507 e. The molecule has 0 radical (unpaired) electrons. The van der Waals surface area contributed by atoms with E-state index in [1.54, 1.807) is 49.4 Å². The second-order valence-electron chi connectivity index (χ2n) is 5.74. The zero-order chi connectivity index (χ0) is 19.7. The number of benzene rings is 3. The van der Waals surface area contributed by atoms with Gasteiger partial charge >= 0.3 is 0 Å². The highest BCUT2D eigenvalue weighted by Gasteiger charge is 2.25. The van der Waals surface area contributed by atoms with Gasteiger partial charge in [0, 0.05) is 17.3 Å². The molecule has 0 saturated heterocycles. The molecule has 0 aromatic heterocycles. The average molecular weight is 377 g/mol. The molecule has 0 spiro atoms. The summed E-state index contributed by atoms with van der Waals surface area (Å²) in [5.74, 6) is -10.7. The molecule has 0 amide bonds. The molecule has 3 rings (SSSR count). The number of aromatic hydroxyl groups is 1. The summed E-state index contributed by atoms with van der Waals surface area (Å²) in [7, 11) is 0. The van der Waals surface area contributed by atoms with Gasteiger partial charge in [0.05, 0.1) is 0 Å². The summed E-state index contributed by atoms with van der Waals surface area (Å²) in [5, 5.41) is 10.5. The topological polar surface area (TPSA) is 32.6 Å². The van der Waals surface area contributed by atoms with Gasteiger partial charge in [-0.15, -0.1) is 0 Å². The van der Waals surface area contributed by atoms with E-state index in [1.165, 1.54) is 0 Å². The van der Waals surface area contributed by atoms with E-state index in [9.17, 15) is 27.1 Å². The van der Waals surface area contributed by atoms with Gasteiger partial charge in [0.2, 0.25) is 5.82 Å². The zero-order valence-corrected chi connectivity index (χ0v) is 13.9. The molecule has 0 unspecified atom stereocenters. The number of rotatable bonds is 3. The van der Waals surface area contributed by atoms with Crippen molar-refractivity contribution in [1.29, 1.82) is 0 Å². The molecular formula is C20H12F5NO. The van der Waals surface area contributed by atoms with Crippen LogP contribution in [0, 0.1) is 36.0 Å². The van der Waals surface area contributed by atoms with Gasteiger partial charge in [-0.2, -0.15) is 0 Å². The molecule has 0 aliphatic heterocycles. The monoisotopic (exact) mass is 377 g/mol. The highest BCUT2D eigenvalue weighted by molar-refractivity contribution is 5.91. The Morgan fingerprint density at radius 1 is 0.778 bits per heavy atom. The highest BCUT2D eigenvalue weighted by Crippen LogP contribution is 2.34. The van der Waals surface area contributed by atoms with Crippen molar-refractivity contribution in [3.63, 3.8) is 0 Å². The van der Waals surface area contributed by atoms with Crippen LogP contribution in [0.15, 0.2) is 47.5 Å². The van der Waals surface area contributed by atoms with E-state index < -0.39 is 34.8 Å². The van der Waals surface area contributed by atoms with E-state index in [0.29, 0.717) is 16.7 Å². The highest BCUT2D eigenvalue weighted by atomic mass is 19.2. The third-order valence-corrected chi connectivity index (χ3v) is 4.03. The molecule has 0 fully saturated rings. The third-order valence-electron chi connectivity index (χ3n) is 4.03. The molecule has 3 aromatic carbocycles. The Labute approximate surface area is 151 Å². The summed E-state index contributed by atoms with van der Waals surface area (Å²) >= 11 is 0. The number of nitrogens with zero attached hydrogens (tertiary/aromatic N) is 1. The Morgan fingerprint density at radius 2 is 1.33 bits per heavy atom. The fraction of sp³-hybridized carbons (Fsp3) is 0.0500. The van der Waals surface area contributed by atoms with Gasteiger partial charge in [-0.05, 0) is 18.1 Å². The summed E-state index contributed by atoms with van der Waals surface area (Å²) < 4.78 is 67.2. The molecular weight excluding hydrogens is 365 g/mol. The van der Waals surface area contributed by atoms with E-state index in [0.717, 1.165) is 6.21 Å². The maximum Gasteiger partial charge on any atom is 0.200 e. The lowest BCUT2D eigenvalue weighted by atomic mass is 9.98. The van der Waals surface area contributed by atoms with E-state index in [-0.39, 0.29) is 11.3 Å². The van der Waals surface area contributed by atoms with Crippen LogP contribution >= 0.6 is 0 Å². The first-order valence-electron chi connectivity index (χ1n) is 7.76. The van der Waals surface area contributed by atoms with Crippen LogP contribution in [0.2, 0.25) is 0 Å². The van der Waals surface area contributed by atoms with Gasteiger partial charge < -0.3 is 5.11 Å². The lowest BCUT2D eigenvalue weighted by Crippen LogP contribution is -2.01. The molecule has 27 heavy (non-hydrogen) atoms. The number of hydrogen-bond acceptors (Lipinski definition) is 2. The van der Waals surface area contributed by atoms with Crippen molar-refractivity contribution in [2.24, 2.45) is 4.99 Å². The number of phenolic OH excluding ortho intramolecular Hbond substituents is 1. The van der Waals surface area contributed by atoms with Gasteiger partial charge in [0.15, 0.2) is 23.3 Å². The zero-order valence-electron chi connectivity index (χ0n) is 13.9. The summed E-state index contributed by atoms with van der Waals surface area (Å²) in [6, 6.07) is 12.1. The predicted molar refractivity (Wildman–Crippen MR) is 91.8 cm³/mol. The molecule has 0 atom stereocenters. The Kier molecular flexibility index (Phi) is 4.94. The molecule has 138 valence electrons. The minimum atomic E-state index is -2.26. The summed E-state index contributed by atoms with van der Waals surface area (Å²) in [6.45, 7) is 1.61. The molecule has 0 aliphatic rings. The van der Waals surface area contributed by atoms with Crippen LogP contribution in [0.1, 0.15) is 11.1 Å². The maximum atomic E-state index is 13.8. The molecule has 7 heteroatoms. The Bertz CT molecular complexity index is 1020. The Balaban J connectivity index is 2.12. The molecule has 0 heterocycles. The van der Waals surface area contributed by atoms with Gasteiger partial charge in [0.25, 0.3) is 0 Å². The van der Waals surface area contributed by atoms with Crippen molar-refractivity contribution < 1.29 is 27.1 Å². The molecule has 2 nitrogen and oxygen atoms in total. The van der Waals surface area contributed by atoms with Crippen molar-refractivity contribution in [2.45, 2.75) is 6.92 Å². The number of hydrogen-bond donors (Lipinski definition) is 1. The average Bonchev–Trinajstić information content (AvgIpc) is 2.67. The van der Waals surface area contributed by atoms with Gasteiger partial charge in [-0.3, -0.25) is 0 Å². The van der Waals surface area contributed by atoms with Gasteiger partial charge in [-0.1, -0.05) is 42.5 Å². The fourth-order valence-corrected chi connectivity index (χ4v) is 2.56. The molecule has 1 N–H and O–H groups in total. The SMILES string of the molecule is Cc1ccc(-c2ccccc2)c(O)c1C=Nc1c(F)c(F)c(F)c(F)c1F. The van der Waals surface area contributed by atoms with Crippen molar-refractivity contribution in [1.82, 2.24) is 0 Å². The smallest absolute Gasteiger partial charge is 0.200 e. The molecule has 0 saturated carbocycles. The van der Waals surface area contributed by atoms with E-state index >= 15 is 0 Å². The number of phenols is 1. The van der Waals surface area contributed by atoms with Crippen LogP contribution in [0.3, 0.4) is 0 Å². The van der Waals surface area contributed by atoms with E-state index in [2.05, 4.69) is 4.99 Å². The largest absolute Gasteiger partial charge is 0.507 e. The first kappa shape index (κ1) is 18.6. The quantitative estimate of drug-likeness (QED) is 0.266. The van der Waals surface area contributed by atoms with E-state index in [4.69, 9.17) is 0 Å². The Morgan fingerprint density at radius 3 is 1.93 bits per heavy atom. The fourth-order valence-electron chi connectivity index (χ4n) is 2.56. The van der Waals surface area contributed by atoms with Crippen LogP contribution in [-0.4, -0.2) is 11.3 Å². The molecule has 3 aromatic rings. The number of aryl methyl sites for hydroxylation is 1. The van der Waals surface area contributed by atoms with Gasteiger partial charge in [0.1, 0.15) is 11.4 Å². The maximum absolute atomic E-state index is 13.8. The van der Waals surface area contributed by atoms with Crippen LogP contribution < -0.4 is 0 Å². The van der Waals surface area contributed by atoms with Crippen LogP contribution in [-0.2, 0) is 0 Å². The summed E-state index contributed by atoms with van der Waals surface area (Å²) in [4.78, 5) is 3.41. The summed E-state index contributed by atoms with van der Waals surface area (Å²) in [6.07, 6.45) is 0.870. The number of aliphatic imine (C=N–C) groups is 1. The normalized spacial score (nSPS) is 11.3. The first-order valence-corrected chi connectivity index (χ1v) is 7.76. The predicted octanol–water partition coefficient (Wildman–Crippen LogP) is 5.81. The number of halogens is 5. The lowest BCUT2D eigenvalue weighted by molar-refractivity contribution is 0.381. The van der Waals surface area contributed by atoms with Crippen molar-refractivity contribution in [3.05, 3.63) is 82.7 Å². The van der Waals surface area contributed by atoms with Crippen molar-refractivity contribution in [2.75, 3.05) is 0 Å². The first-order chi connectivity index (χ1) is 12.8. The standard InChI is InChI=1S/C20H12F5NO/c1-10-7-8-12(11-5-3-2-4-6-11)20(27)13(10)9-26-19-17(24)15(22)14(21)16(23)18(19)25/h2-9,27H,1H3. The van der Waals surface area contributed by atoms with Crippen LogP contribution in [0.5, 0.6) is 5.75 Å². The molecule has 0 bridgehead atoms. The second-order valence-corrected chi connectivity index (χ2v) is 5.74. The summed E-state index contributed by atoms with van der Waals surface area (Å²) in [5.41, 5.74) is 0.386. The van der Waals surface area contributed by atoms with Crippen LogP contribution in [0.4, 0.5) is 27.6 Å². The van der Waals surface area contributed by atoms with Crippen molar-refractivity contribution >= 4 is 11.9 Å². The minimum absolute atomic E-state index is 0.0975. The lowest BCUT2D eigenvalue weighted by Gasteiger charge is -2.10. The molecule has 0 aliphatic carbocycles. The van der Waals surface area contributed by atoms with Crippen LogP contribution in [0.25, 0.3) is 11.1 Å². The Hall–Kier alpha value is -3.22. The van der Waals surface area contributed by atoms with E-state index in [1.807, 2.05) is 0 Å². The third kappa shape index (κ3) is 3.28. The van der Waals surface area contributed by atoms with Gasteiger partial charge in [-0.25, -0.2) is 26.9 Å². The second kappa shape index (κ2) is 7.19.